The van der Waals surface area contributed by atoms with Crippen molar-refractivity contribution in [1.29, 1.82) is 0 Å². The van der Waals surface area contributed by atoms with Gasteiger partial charge in [-0.2, -0.15) is 0 Å². The zero-order chi connectivity index (χ0) is 9.90. The summed E-state index contributed by atoms with van der Waals surface area (Å²) >= 11 is 0. The summed E-state index contributed by atoms with van der Waals surface area (Å²) in [4.78, 5) is 0. The molecule has 0 nitrogen and oxygen atoms in total. The molecule has 0 fully saturated rings. The van der Waals surface area contributed by atoms with E-state index in [1.165, 1.54) is 25.7 Å². The second-order valence-electron chi connectivity index (χ2n) is 3.43. The van der Waals surface area contributed by atoms with Crippen molar-refractivity contribution in [3.05, 3.63) is 55.0 Å². The van der Waals surface area contributed by atoms with Gasteiger partial charge >= 0.3 is 0 Å². The lowest BCUT2D eigenvalue weighted by atomic mass is 10.1. The van der Waals surface area contributed by atoms with Gasteiger partial charge in [0, 0.05) is 0 Å². The Morgan fingerprint density at radius 2 is 1.29 bits per heavy atom. The molecule has 0 bridgehead atoms. The first-order valence-electron chi connectivity index (χ1n) is 5.47. The maximum absolute atomic E-state index is 2.29. The van der Waals surface area contributed by atoms with Crippen LogP contribution in [0.15, 0.2) is 48.6 Å². The lowest BCUT2D eigenvalue weighted by Gasteiger charge is -1.93. The first-order valence-corrected chi connectivity index (χ1v) is 5.47. The second kappa shape index (κ2) is 8.55. The van der Waals surface area contributed by atoms with Gasteiger partial charge in [0.2, 0.25) is 0 Å². The Bertz CT molecular complexity index is 228. The van der Waals surface area contributed by atoms with Crippen molar-refractivity contribution in [2.45, 2.75) is 32.1 Å². The molecule has 0 N–H and O–H groups in total. The molecule has 0 atom stereocenters. The topological polar surface area (TPSA) is 0 Å². The minimum Gasteiger partial charge on any atom is -0.0885 e. The molecular weight excluding hydrogens is 168 g/mol. The highest BCUT2D eigenvalue weighted by atomic mass is 13.9. The summed E-state index contributed by atoms with van der Waals surface area (Å²) in [6, 6.07) is 0. The van der Waals surface area contributed by atoms with Gasteiger partial charge in [0.05, 0.1) is 0 Å². The van der Waals surface area contributed by atoms with Crippen LogP contribution in [0.4, 0.5) is 0 Å². The van der Waals surface area contributed by atoms with Crippen LogP contribution in [-0.2, 0) is 0 Å². The van der Waals surface area contributed by atoms with Crippen LogP contribution >= 0.6 is 0 Å². The van der Waals surface area contributed by atoms with E-state index in [2.05, 4.69) is 55.0 Å². The van der Waals surface area contributed by atoms with E-state index < -0.39 is 0 Å². The quantitative estimate of drug-likeness (QED) is 0.494. The van der Waals surface area contributed by atoms with Crippen molar-refractivity contribution < 1.29 is 0 Å². The maximum Gasteiger partial charge on any atom is -0.0130 e. The molecule has 0 aromatic carbocycles. The highest BCUT2D eigenvalue weighted by Gasteiger charge is 1.83. The van der Waals surface area contributed by atoms with E-state index in [9.17, 15) is 0 Å². The van der Waals surface area contributed by atoms with Gasteiger partial charge in [0.25, 0.3) is 0 Å². The fraction of sp³-hybridized carbons (Fsp3) is 0.357. The average Bonchev–Trinajstić information content (AvgIpc) is 2.22. The van der Waals surface area contributed by atoms with Crippen molar-refractivity contribution in [2.75, 3.05) is 0 Å². The maximum atomic E-state index is 2.29. The molecule has 14 heavy (non-hydrogen) atoms. The predicted molar refractivity (Wildman–Crippen MR) is 63.9 cm³/mol. The normalized spacial score (nSPS) is 28.6. The van der Waals surface area contributed by atoms with Gasteiger partial charge in [0.1, 0.15) is 0 Å². The van der Waals surface area contributed by atoms with Crippen LogP contribution in [0.25, 0.3) is 0 Å². The smallest absolute Gasteiger partial charge is 0.0130 e. The molecule has 0 aliphatic heterocycles. The molecule has 0 saturated heterocycles. The number of allylic oxidation sites excluding steroid dienone is 8. The van der Waals surface area contributed by atoms with Crippen molar-refractivity contribution in [3.8, 4) is 0 Å². The molecule has 75 valence electrons. The van der Waals surface area contributed by atoms with Crippen LogP contribution in [0.1, 0.15) is 32.1 Å². The molecule has 0 heteroatoms. The minimum absolute atomic E-state index is 1.06. The van der Waals surface area contributed by atoms with Crippen molar-refractivity contribution in [2.24, 2.45) is 0 Å². The molecule has 0 spiro atoms. The Kier molecular flexibility index (Phi) is 6.74. The highest BCUT2D eigenvalue weighted by Crippen LogP contribution is 2.03. The lowest BCUT2D eigenvalue weighted by molar-refractivity contribution is 0.761. The third kappa shape index (κ3) is 6.47. The first kappa shape index (κ1) is 11.0. The first-order chi connectivity index (χ1) is 7.00. The fourth-order valence-corrected chi connectivity index (χ4v) is 1.34. The summed E-state index contributed by atoms with van der Waals surface area (Å²) < 4.78 is 0. The summed E-state index contributed by atoms with van der Waals surface area (Å²) in [6.45, 7) is 0. The summed E-state index contributed by atoms with van der Waals surface area (Å²) in [6.07, 6.45) is 25.5. The Hall–Kier alpha value is -1.04. The van der Waals surface area contributed by atoms with Crippen molar-refractivity contribution in [3.63, 3.8) is 0 Å². The van der Waals surface area contributed by atoms with Crippen LogP contribution in [0.2, 0.25) is 0 Å². The lowest BCUT2D eigenvalue weighted by Crippen LogP contribution is -1.73. The fourth-order valence-electron chi connectivity index (χ4n) is 1.34. The van der Waals surface area contributed by atoms with Gasteiger partial charge in [-0.05, 0) is 38.5 Å². The van der Waals surface area contributed by atoms with Gasteiger partial charge in [-0.25, -0.2) is 0 Å². The molecule has 1 rings (SSSR count). The van der Waals surface area contributed by atoms with E-state index in [0.717, 1.165) is 6.42 Å². The number of rotatable bonds is 0. The largest absolute Gasteiger partial charge is 0.0885 e. The number of hydrogen-bond donors (Lipinski definition) is 0. The van der Waals surface area contributed by atoms with Crippen LogP contribution in [-0.4, -0.2) is 0 Å². The molecule has 1 aliphatic carbocycles. The van der Waals surface area contributed by atoms with Crippen LogP contribution in [0.3, 0.4) is 0 Å². The molecule has 0 heterocycles. The van der Waals surface area contributed by atoms with Gasteiger partial charge in [-0.1, -0.05) is 48.6 Å². The Labute approximate surface area is 87.7 Å². The molecule has 0 unspecified atom stereocenters. The zero-order valence-corrected chi connectivity index (χ0v) is 8.73. The molecule has 0 saturated carbocycles. The van der Waals surface area contributed by atoms with E-state index in [-0.39, 0.29) is 0 Å². The van der Waals surface area contributed by atoms with E-state index in [0.29, 0.717) is 0 Å². The molecule has 1 radical (unpaired) electrons. The third-order valence-electron chi connectivity index (χ3n) is 2.15. The molecule has 0 aromatic rings. The monoisotopic (exact) mass is 187 g/mol. The second-order valence-corrected chi connectivity index (χ2v) is 3.43. The molecular formula is C14H19. The Balaban J connectivity index is 2.35. The molecule has 0 aromatic heterocycles. The van der Waals surface area contributed by atoms with Gasteiger partial charge in [0.15, 0.2) is 0 Å². The minimum atomic E-state index is 1.06. The van der Waals surface area contributed by atoms with Crippen molar-refractivity contribution >= 4 is 0 Å². The van der Waals surface area contributed by atoms with E-state index in [1.807, 2.05) is 0 Å². The molecule has 1 aliphatic rings. The SMILES string of the molecule is [CH]1/C=C/C=C/C=C\CCCC/C=C/C1. The standard InChI is InChI=1S/C14H19/c1-2-4-6-8-10-12-14-13-11-9-7-5-3-1/h1-7,10,12H,8-9,11,13-14H2/b3-1+,4-2+,7-5-,12-10+. The predicted octanol–water partition coefficient (Wildman–Crippen LogP) is 4.38. The van der Waals surface area contributed by atoms with Gasteiger partial charge in [-0.3, -0.25) is 0 Å². The molecule has 0 amide bonds. The van der Waals surface area contributed by atoms with Crippen molar-refractivity contribution in [1.82, 2.24) is 0 Å². The van der Waals surface area contributed by atoms with E-state index in [4.69, 9.17) is 0 Å². The van der Waals surface area contributed by atoms with E-state index >= 15 is 0 Å². The van der Waals surface area contributed by atoms with Crippen LogP contribution < -0.4 is 0 Å². The Morgan fingerprint density at radius 3 is 2.21 bits per heavy atom. The van der Waals surface area contributed by atoms with Gasteiger partial charge in [-0.15, -0.1) is 0 Å². The third-order valence-corrected chi connectivity index (χ3v) is 2.15. The Morgan fingerprint density at radius 1 is 0.571 bits per heavy atom. The van der Waals surface area contributed by atoms with Crippen LogP contribution in [0, 0.1) is 6.42 Å². The summed E-state index contributed by atoms with van der Waals surface area (Å²) in [5.41, 5.74) is 0. The van der Waals surface area contributed by atoms with Gasteiger partial charge < -0.3 is 0 Å². The average molecular weight is 187 g/mol. The van der Waals surface area contributed by atoms with Crippen LogP contribution in [0.5, 0.6) is 0 Å². The summed E-state index contributed by atoms with van der Waals surface area (Å²) in [5, 5.41) is 0. The summed E-state index contributed by atoms with van der Waals surface area (Å²) in [7, 11) is 0. The number of hydrogen-bond acceptors (Lipinski definition) is 0. The highest BCUT2D eigenvalue weighted by molar-refractivity contribution is 5.14. The zero-order valence-electron chi connectivity index (χ0n) is 8.73. The summed E-state index contributed by atoms with van der Waals surface area (Å²) in [5.74, 6) is 0. The van der Waals surface area contributed by atoms with E-state index in [1.54, 1.807) is 0 Å².